The molecule has 5 heteroatoms. The first-order valence-electron chi connectivity index (χ1n) is 10.6. The molecule has 1 fully saturated rings. The van der Waals surface area contributed by atoms with E-state index >= 15 is 0 Å². The van der Waals surface area contributed by atoms with Crippen LogP contribution in [0.4, 0.5) is 0 Å². The van der Waals surface area contributed by atoms with Gasteiger partial charge in [0.15, 0.2) is 0 Å². The maximum atomic E-state index is 12.7. The van der Waals surface area contributed by atoms with Gasteiger partial charge in [0, 0.05) is 5.56 Å². The number of benzene rings is 1. The number of carbonyl (C=O) groups is 1. The molecule has 1 aliphatic carbocycles. The summed E-state index contributed by atoms with van der Waals surface area (Å²) in [5, 5.41) is 8.01. The largest absolute Gasteiger partial charge is 0.348 e. The summed E-state index contributed by atoms with van der Waals surface area (Å²) in [4.78, 5) is 15.0. The van der Waals surface area contributed by atoms with Crippen molar-refractivity contribution in [1.82, 2.24) is 20.0 Å². The highest BCUT2D eigenvalue weighted by molar-refractivity contribution is 5.78. The number of aryl methyl sites for hydroxylation is 1. The van der Waals surface area contributed by atoms with Crippen molar-refractivity contribution in [3.8, 4) is 5.69 Å². The molecule has 1 aromatic heterocycles. The minimum Gasteiger partial charge on any atom is -0.348 e. The molecule has 5 nitrogen and oxygen atoms in total. The van der Waals surface area contributed by atoms with Gasteiger partial charge in [-0.3, -0.25) is 9.69 Å². The van der Waals surface area contributed by atoms with Gasteiger partial charge in [0.25, 0.3) is 0 Å². The standard InChI is InChI=1S/C23H32N4O/c1-17-7-9-18(10-8-17)27-21-14-23(2,3)13-20(19(21)15-24-27)25-22(28)16-26-11-5-4-6-12-26/h7-10,15,20H,4-6,11-14,16H2,1-3H3,(H,25,28)/t20-/m0/s1. The quantitative estimate of drug-likeness (QED) is 0.878. The summed E-state index contributed by atoms with van der Waals surface area (Å²) in [6.07, 6.45) is 7.57. The molecular formula is C23H32N4O. The van der Waals surface area contributed by atoms with Crippen molar-refractivity contribution in [2.45, 2.75) is 58.9 Å². The number of aromatic nitrogens is 2. The lowest BCUT2D eigenvalue weighted by Gasteiger charge is -2.36. The Kier molecular flexibility index (Phi) is 5.28. The van der Waals surface area contributed by atoms with Crippen LogP contribution in [0.2, 0.25) is 0 Å². The van der Waals surface area contributed by atoms with Crippen molar-refractivity contribution in [2.24, 2.45) is 5.41 Å². The predicted molar refractivity (Wildman–Crippen MR) is 112 cm³/mol. The molecule has 1 N–H and O–H groups in total. The Bertz CT molecular complexity index is 831. The number of fused-ring (bicyclic) bond motifs is 1. The molecule has 0 bridgehead atoms. The van der Waals surface area contributed by atoms with Gasteiger partial charge in [-0.05, 0) is 63.2 Å². The summed E-state index contributed by atoms with van der Waals surface area (Å²) in [5.41, 5.74) is 4.85. The van der Waals surface area contributed by atoms with Crippen LogP contribution >= 0.6 is 0 Å². The lowest BCUT2D eigenvalue weighted by Crippen LogP contribution is -2.43. The van der Waals surface area contributed by atoms with Gasteiger partial charge in [-0.25, -0.2) is 4.68 Å². The summed E-state index contributed by atoms with van der Waals surface area (Å²) < 4.78 is 2.06. The topological polar surface area (TPSA) is 50.2 Å². The minimum atomic E-state index is 0.0373. The third-order valence-corrected chi connectivity index (χ3v) is 6.11. The predicted octanol–water partition coefficient (Wildman–Crippen LogP) is 3.80. The molecule has 0 spiro atoms. The molecule has 0 radical (unpaired) electrons. The third kappa shape index (κ3) is 4.14. The summed E-state index contributed by atoms with van der Waals surface area (Å²) in [6.45, 7) is 9.26. The van der Waals surface area contributed by atoms with Crippen molar-refractivity contribution in [3.05, 3.63) is 47.3 Å². The number of nitrogens with zero attached hydrogens (tertiary/aromatic N) is 3. The van der Waals surface area contributed by atoms with Gasteiger partial charge in [-0.1, -0.05) is 38.0 Å². The van der Waals surface area contributed by atoms with Crippen molar-refractivity contribution in [3.63, 3.8) is 0 Å². The van der Waals surface area contributed by atoms with E-state index in [1.807, 2.05) is 6.20 Å². The second kappa shape index (κ2) is 7.70. The van der Waals surface area contributed by atoms with Gasteiger partial charge in [-0.2, -0.15) is 5.10 Å². The highest BCUT2D eigenvalue weighted by atomic mass is 16.2. The van der Waals surface area contributed by atoms with Crippen LogP contribution in [0, 0.1) is 12.3 Å². The van der Waals surface area contributed by atoms with Crippen LogP contribution in [0.5, 0.6) is 0 Å². The van der Waals surface area contributed by atoms with Crippen molar-refractivity contribution in [1.29, 1.82) is 0 Å². The van der Waals surface area contributed by atoms with Crippen LogP contribution < -0.4 is 5.32 Å². The van der Waals surface area contributed by atoms with Crippen LogP contribution in [-0.4, -0.2) is 40.2 Å². The summed E-state index contributed by atoms with van der Waals surface area (Å²) in [7, 11) is 0. The zero-order valence-electron chi connectivity index (χ0n) is 17.4. The maximum Gasteiger partial charge on any atom is 0.234 e. The molecule has 4 rings (SSSR count). The number of likely N-dealkylation sites (tertiary alicyclic amines) is 1. The first kappa shape index (κ1) is 19.2. The normalized spacial score (nSPS) is 21.9. The highest BCUT2D eigenvalue weighted by Crippen LogP contribution is 2.41. The van der Waals surface area contributed by atoms with Gasteiger partial charge in [-0.15, -0.1) is 0 Å². The smallest absolute Gasteiger partial charge is 0.234 e. The van der Waals surface area contributed by atoms with E-state index in [1.165, 1.54) is 36.1 Å². The summed E-state index contributed by atoms with van der Waals surface area (Å²) >= 11 is 0. The van der Waals surface area contributed by atoms with Gasteiger partial charge in [0.1, 0.15) is 0 Å². The lowest BCUT2D eigenvalue weighted by molar-refractivity contribution is -0.123. The molecule has 1 amide bonds. The number of hydrogen-bond acceptors (Lipinski definition) is 3. The zero-order chi connectivity index (χ0) is 19.7. The number of nitrogens with one attached hydrogen (secondary N) is 1. The van der Waals surface area contributed by atoms with E-state index in [0.29, 0.717) is 6.54 Å². The molecule has 1 saturated heterocycles. The van der Waals surface area contributed by atoms with E-state index in [0.717, 1.165) is 31.6 Å². The second-order valence-electron chi connectivity index (χ2n) is 9.30. The SMILES string of the molecule is Cc1ccc(-n2ncc3c2CC(C)(C)C[C@@H]3NC(=O)CN2CCCCC2)cc1. The van der Waals surface area contributed by atoms with Crippen molar-refractivity contribution >= 4 is 5.91 Å². The lowest BCUT2D eigenvalue weighted by atomic mass is 9.74. The van der Waals surface area contributed by atoms with E-state index in [9.17, 15) is 4.79 Å². The van der Waals surface area contributed by atoms with Gasteiger partial charge in [0.2, 0.25) is 5.91 Å². The first-order valence-corrected chi connectivity index (χ1v) is 10.6. The molecule has 1 atom stereocenters. The minimum absolute atomic E-state index is 0.0373. The molecule has 1 aromatic carbocycles. The number of hydrogen-bond donors (Lipinski definition) is 1. The van der Waals surface area contributed by atoms with Crippen LogP contribution in [0.15, 0.2) is 30.5 Å². The number of rotatable bonds is 4. The molecule has 0 saturated carbocycles. The molecule has 2 heterocycles. The van der Waals surface area contributed by atoms with Crippen molar-refractivity contribution in [2.75, 3.05) is 19.6 Å². The maximum absolute atomic E-state index is 12.7. The Morgan fingerprint density at radius 1 is 1.18 bits per heavy atom. The Morgan fingerprint density at radius 3 is 2.61 bits per heavy atom. The zero-order valence-corrected chi connectivity index (χ0v) is 17.4. The number of piperidine rings is 1. The fourth-order valence-corrected chi connectivity index (χ4v) is 4.64. The van der Waals surface area contributed by atoms with Crippen molar-refractivity contribution < 1.29 is 4.79 Å². The molecule has 28 heavy (non-hydrogen) atoms. The second-order valence-corrected chi connectivity index (χ2v) is 9.30. The molecule has 1 aliphatic heterocycles. The van der Waals surface area contributed by atoms with E-state index in [4.69, 9.17) is 5.10 Å². The highest BCUT2D eigenvalue weighted by Gasteiger charge is 2.36. The Hall–Kier alpha value is -2.14. The van der Waals surface area contributed by atoms with Crippen LogP contribution in [-0.2, 0) is 11.2 Å². The number of amides is 1. The van der Waals surface area contributed by atoms with Gasteiger partial charge in [0.05, 0.1) is 30.2 Å². The summed E-state index contributed by atoms with van der Waals surface area (Å²) in [5.74, 6) is 0.138. The van der Waals surface area contributed by atoms with Gasteiger partial charge < -0.3 is 5.32 Å². The van der Waals surface area contributed by atoms with Crippen LogP contribution in [0.25, 0.3) is 5.69 Å². The van der Waals surface area contributed by atoms with Crippen LogP contribution in [0.3, 0.4) is 0 Å². The first-order chi connectivity index (χ1) is 13.4. The average molecular weight is 381 g/mol. The Balaban J connectivity index is 1.55. The molecular weight excluding hydrogens is 348 g/mol. The van der Waals surface area contributed by atoms with Gasteiger partial charge >= 0.3 is 0 Å². The molecule has 2 aliphatic rings. The fourth-order valence-electron chi connectivity index (χ4n) is 4.64. The van der Waals surface area contributed by atoms with E-state index in [1.54, 1.807) is 0 Å². The Labute approximate surface area is 168 Å². The molecule has 150 valence electrons. The number of carbonyl (C=O) groups excluding carboxylic acids is 1. The monoisotopic (exact) mass is 380 g/mol. The van der Waals surface area contributed by atoms with E-state index in [2.05, 4.69) is 59.9 Å². The third-order valence-electron chi connectivity index (χ3n) is 6.11. The van der Waals surface area contributed by atoms with E-state index in [-0.39, 0.29) is 17.4 Å². The fraction of sp³-hybridized carbons (Fsp3) is 0.565. The average Bonchev–Trinajstić information content (AvgIpc) is 3.06. The molecule has 2 aromatic rings. The summed E-state index contributed by atoms with van der Waals surface area (Å²) in [6, 6.07) is 8.52. The van der Waals surface area contributed by atoms with Crippen LogP contribution in [0.1, 0.15) is 62.4 Å². The Morgan fingerprint density at radius 2 is 1.89 bits per heavy atom. The van der Waals surface area contributed by atoms with E-state index < -0.39 is 0 Å². The molecule has 0 unspecified atom stereocenters.